The van der Waals surface area contributed by atoms with Gasteiger partial charge in [-0.3, -0.25) is 4.57 Å². The molecule has 1 aliphatic rings. The number of halogens is 1. The number of aromatic nitrogens is 2. The van der Waals surface area contributed by atoms with Crippen LogP contribution in [0, 0.1) is 6.92 Å². The van der Waals surface area contributed by atoms with E-state index < -0.39 is 0 Å². The standard InChI is InChI=1S/C16H20BrN3/c1-12-6-5-9-14(15(12)17)20-11-10-18-16(20)19-13-7-3-2-4-8-13/h5-6,9-11,13H,2-4,7-8H2,1H3,(H,18,19). The molecule has 106 valence electrons. The summed E-state index contributed by atoms with van der Waals surface area (Å²) in [5.74, 6) is 0.947. The molecule has 20 heavy (non-hydrogen) atoms. The average molecular weight is 334 g/mol. The van der Waals surface area contributed by atoms with Crippen molar-refractivity contribution in [1.29, 1.82) is 0 Å². The number of anilines is 1. The molecular weight excluding hydrogens is 314 g/mol. The van der Waals surface area contributed by atoms with Crippen LogP contribution >= 0.6 is 15.9 Å². The Kier molecular flexibility index (Phi) is 4.10. The third kappa shape index (κ3) is 2.75. The Bertz CT molecular complexity index is 585. The number of aryl methyl sites for hydroxylation is 1. The van der Waals surface area contributed by atoms with Gasteiger partial charge in [-0.25, -0.2) is 4.98 Å². The van der Waals surface area contributed by atoms with Gasteiger partial charge in [-0.2, -0.15) is 0 Å². The van der Waals surface area contributed by atoms with E-state index in [1.807, 2.05) is 12.4 Å². The highest BCUT2D eigenvalue weighted by Crippen LogP contribution is 2.28. The van der Waals surface area contributed by atoms with Gasteiger partial charge in [0.1, 0.15) is 0 Å². The van der Waals surface area contributed by atoms with E-state index in [1.54, 1.807) is 0 Å². The molecule has 0 spiro atoms. The molecule has 0 amide bonds. The fourth-order valence-electron chi connectivity index (χ4n) is 2.85. The van der Waals surface area contributed by atoms with Crippen molar-refractivity contribution in [3.05, 3.63) is 40.6 Å². The van der Waals surface area contributed by atoms with Gasteiger partial charge in [0.05, 0.1) is 5.69 Å². The van der Waals surface area contributed by atoms with Crippen molar-refractivity contribution in [3.8, 4) is 5.69 Å². The fourth-order valence-corrected chi connectivity index (χ4v) is 3.31. The Morgan fingerprint density at radius 1 is 1.25 bits per heavy atom. The summed E-state index contributed by atoms with van der Waals surface area (Å²) in [6.45, 7) is 2.11. The summed E-state index contributed by atoms with van der Waals surface area (Å²) in [5.41, 5.74) is 2.38. The first-order chi connectivity index (χ1) is 9.75. The van der Waals surface area contributed by atoms with E-state index in [4.69, 9.17) is 0 Å². The van der Waals surface area contributed by atoms with E-state index in [0.717, 1.165) is 16.1 Å². The van der Waals surface area contributed by atoms with E-state index >= 15 is 0 Å². The van der Waals surface area contributed by atoms with Crippen LogP contribution < -0.4 is 5.32 Å². The molecule has 0 bridgehead atoms. The molecule has 2 aromatic rings. The number of nitrogens with one attached hydrogen (secondary N) is 1. The summed E-state index contributed by atoms with van der Waals surface area (Å²) < 4.78 is 3.26. The van der Waals surface area contributed by atoms with Gasteiger partial charge in [-0.1, -0.05) is 31.4 Å². The second-order valence-corrected chi connectivity index (χ2v) is 6.30. The van der Waals surface area contributed by atoms with Crippen molar-refractivity contribution < 1.29 is 0 Å². The molecule has 1 N–H and O–H groups in total. The van der Waals surface area contributed by atoms with Gasteiger partial charge in [0, 0.05) is 22.9 Å². The zero-order chi connectivity index (χ0) is 13.9. The van der Waals surface area contributed by atoms with Crippen LogP contribution in [-0.4, -0.2) is 15.6 Å². The van der Waals surface area contributed by atoms with E-state index in [2.05, 4.69) is 55.9 Å². The molecule has 0 radical (unpaired) electrons. The zero-order valence-corrected chi connectivity index (χ0v) is 13.4. The Morgan fingerprint density at radius 3 is 2.85 bits per heavy atom. The van der Waals surface area contributed by atoms with Crippen LogP contribution in [-0.2, 0) is 0 Å². The zero-order valence-electron chi connectivity index (χ0n) is 11.8. The topological polar surface area (TPSA) is 29.9 Å². The molecule has 1 saturated carbocycles. The molecule has 1 aliphatic carbocycles. The first kappa shape index (κ1) is 13.7. The first-order valence-corrected chi connectivity index (χ1v) is 8.10. The van der Waals surface area contributed by atoms with Crippen molar-refractivity contribution in [2.24, 2.45) is 0 Å². The lowest BCUT2D eigenvalue weighted by Gasteiger charge is -2.24. The van der Waals surface area contributed by atoms with Crippen LogP contribution in [0.4, 0.5) is 5.95 Å². The second-order valence-electron chi connectivity index (χ2n) is 5.51. The SMILES string of the molecule is Cc1cccc(-n2ccnc2NC2CCCCC2)c1Br. The van der Waals surface area contributed by atoms with Crippen molar-refractivity contribution >= 4 is 21.9 Å². The number of nitrogens with zero attached hydrogens (tertiary/aromatic N) is 2. The van der Waals surface area contributed by atoms with Gasteiger partial charge in [-0.15, -0.1) is 0 Å². The Hall–Kier alpha value is -1.29. The minimum absolute atomic E-state index is 0.563. The highest BCUT2D eigenvalue weighted by molar-refractivity contribution is 9.10. The number of hydrogen-bond acceptors (Lipinski definition) is 2. The number of rotatable bonds is 3. The van der Waals surface area contributed by atoms with Crippen LogP contribution in [0.1, 0.15) is 37.7 Å². The predicted octanol–water partition coefficient (Wildman–Crippen LogP) is 4.69. The van der Waals surface area contributed by atoms with Gasteiger partial charge < -0.3 is 5.32 Å². The summed E-state index contributed by atoms with van der Waals surface area (Å²) in [6.07, 6.45) is 10.4. The molecule has 1 heterocycles. The molecule has 4 heteroatoms. The van der Waals surface area contributed by atoms with Crippen LogP contribution in [0.15, 0.2) is 35.1 Å². The third-order valence-electron chi connectivity index (χ3n) is 4.01. The average Bonchev–Trinajstić information content (AvgIpc) is 2.91. The largest absolute Gasteiger partial charge is 0.353 e. The summed E-state index contributed by atoms with van der Waals surface area (Å²) in [4.78, 5) is 4.49. The monoisotopic (exact) mass is 333 g/mol. The van der Waals surface area contributed by atoms with Gasteiger partial charge in [-0.05, 0) is 47.3 Å². The summed E-state index contributed by atoms with van der Waals surface area (Å²) in [7, 11) is 0. The molecule has 0 atom stereocenters. The van der Waals surface area contributed by atoms with Gasteiger partial charge in [0.15, 0.2) is 0 Å². The van der Waals surface area contributed by atoms with Crippen LogP contribution in [0.3, 0.4) is 0 Å². The van der Waals surface area contributed by atoms with E-state index in [1.165, 1.54) is 37.7 Å². The van der Waals surface area contributed by atoms with E-state index in [-0.39, 0.29) is 0 Å². The van der Waals surface area contributed by atoms with Gasteiger partial charge in [0.25, 0.3) is 0 Å². The molecule has 1 fully saturated rings. The lowest BCUT2D eigenvalue weighted by atomic mass is 9.96. The maximum Gasteiger partial charge on any atom is 0.207 e. The Labute approximate surface area is 128 Å². The van der Waals surface area contributed by atoms with Crippen molar-refractivity contribution in [2.75, 3.05) is 5.32 Å². The minimum atomic E-state index is 0.563. The highest BCUT2D eigenvalue weighted by Gasteiger charge is 2.16. The van der Waals surface area contributed by atoms with E-state index in [9.17, 15) is 0 Å². The Balaban J connectivity index is 1.87. The number of imidazole rings is 1. The molecule has 0 unspecified atom stereocenters. The van der Waals surface area contributed by atoms with Crippen LogP contribution in [0.25, 0.3) is 5.69 Å². The smallest absolute Gasteiger partial charge is 0.207 e. The summed E-state index contributed by atoms with van der Waals surface area (Å²) >= 11 is 3.68. The van der Waals surface area contributed by atoms with Crippen molar-refractivity contribution in [1.82, 2.24) is 9.55 Å². The minimum Gasteiger partial charge on any atom is -0.353 e. The summed E-state index contributed by atoms with van der Waals surface area (Å²) in [5, 5.41) is 3.61. The second kappa shape index (κ2) is 6.00. The van der Waals surface area contributed by atoms with Crippen LogP contribution in [0.5, 0.6) is 0 Å². The van der Waals surface area contributed by atoms with Crippen molar-refractivity contribution in [2.45, 2.75) is 45.1 Å². The lowest BCUT2D eigenvalue weighted by Crippen LogP contribution is -2.24. The molecule has 0 saturated heterocycles. The fraction of sp³-hybridized carbons (Fsp3) is 0.438. The quantitative estimate of drug-likeness (QED) is 0.883. The molecule has 0 aliphatic heterocycles. The molecule has 1 aromatic heterocycles. The molecule has 3 rings (SSSR count). The van der Waals surface area contributed by atoms with Gasteiger partial charge >= 0.3 is 0 Å². The normalized spacial score (nSPS) is 16.3. The lowest BCUT2D eigenvalue weighted by molar-refractivity contribution is 0.460. The number of benzene rings is 1. The highest BCUT2D eigenvalue weighted by atomic mass is 79.9. The van der Waals surface area contributed by atoms with Crippen molar-refractivity contribution in [3.63, 3.8) is 0 Å². The first-order valence-electron chi connectivity index (χ1n) is 7.31. The summed E-state index contributed by atoms with van der Waals surface area (Å²) in [6, 6.07) is 6.87. The van der Waals surface area contributed by atoms with Crippen LogP contribution in [0.2, 0.25) is 0 Å². The van der Waals surface area contributed by atoms with E-state index in [0.29, 0.717) is 6.04 Å². The third-order valence-corrected chi connectivity index (χ3v) is 5.04. The maximum atomic E-state index is 4.49. The van der Waals surface area contributed by atoms with Gasteiger partial charge in [0.2, 0.25) is 5.95 Å². The molecular formula is C16H20BrN3. The maximum absolute atomic E-state index is 4.49. The molecule has 1 aromatic carbocycles. The molecule has 3 nitrogen and oxygen atoms in total. The number of hydrogen-bond donors (Lipinski definition) is 1. The predicted molar refractivity (Wildman–Crippen MR) is 86.5 cm³/mol. The Morgan fingerprint density at radius 2 is 2.05 bits per heavy atom.